The molecule has 1 heteroatoms. The molecule has 1 aromatic rings. The van der Waals surface area contributed by atoms with Crippen molar-refractivity contribution in [2.75, 3.05) is 0 Å². The van der Waals surface area contributed by atoms with Crippen molar-refractivity contribution < 1.29 is 5.11 Å². The van der Waals surface area contributed by atoms with Gasteiger partial charge >= 0.3 is 0 Å². The lowest BCUT2D eigenvalue weighted by Crippen LogP contribution is -1.98. The van der Waals surface area contributed by atoms with Crippen LogP contribution in [0.4, 0.5) is 0 Å². The van der Waals surface area contributed by atoms with Gasteiger partial charge in [-0.15, -0.1) is 0 Å². The van der Waals surface area contributed by atoms with Crippen LogP contribution >= 0.6 is 0 Å². The van der Waals surface area contributed by atoms with Gasteiger partial charge in [-0.25, -0.2) is 0 Å². The second kappa shape index (κ2) is 12.6. The highest BCUT2D eigenvalue weighted by Gasteiger charge is 2.12. The van der Waals surface area contributed by atoms with E-state index in [0.717, 1.165) is 12.0 Å². The molecule has 0 spiro atoms. The number of hydrogen-bond donors (Lipinski definition) is 1. The number of unbranched alkanes of at least 4 members (excludes halogenated alkanes) is 9. The summed E-state index contributed by atoms with van der Waals surface area (Å²) in [5.41, 5.74) is 1.14. The molecule has 0 amide bonds. The van der Waals surface area contributed by atoms with Gasteiger partial charge in [0.25, 0.3) is 0 Å². The fourth-order valence-electron chi connectivity index (χ4n) is 3.29. The average Bonchev–Trinajstić information content (AvgIpc) is 2.54. The smallest absolute Gasteiger partial charge is 0.119 e. The lowest BCUT2D eigenvalue weighted by Gasteiger charge is -2.16. The molecule has 126 valence electrons. The number of rotatable bonds is 13. The zero-order chi connectivity index (χ0) is 16.0. The Morgan fingerprint density at radius 3 is 1.86 bits per heavy atom. The first-order chi connectivity index (χ1) is 10.8. The minimum Gasteiger partial charge on any atom is -0.508 e. The van der Waals surface area contributed by atoms with Crippen LogP contribution in [0.25, 0.3) is 0 Å². The van der Waals surface area contributed by atoms with Crippen LogP contribution in [-0.4, -0.2) is 5.11 Å². The van der Waals surface area contributed by atoms with Crippen LogP contribution in [0.1, 0.15) is 102 Å². The number of phenolic OH excluding ortho intramolecular Hbond substituents is 1. The Balaban J connectivity index is 2.07. The summed E-state index contributed by atoms with van der Waals surface area (Å²) in [5, 5.41) is 9.97. The van der Waals surface area contributed by atoms with Crippen molar-refractivity contribution in [3.63, 3.8) is 0 Å². The van der Waals surface area contributed by atoms with Gasteiger partial charge in [0, 0.05) is 0 Å². The molecule has 0 aliphatic heterocycles. The van der Waals surface area contributed by atoms with Crippen molar-refractivity contribution >= 4 is 0 Å². The third-order valence-electron chi connectivity index (χ3n) is 4.78. The number of hydrogen-bond acceptors (Lipinski definition) is 1. The van der Waals surface area contributed by atoms with E-state index in [1.54, 1.807) is 0 Å². The molecule has 0 fully saturated rings. The van der Waals surface area contributed by atoms with Crippen LogP contribution in [0, 0.1) is 0 Å². The van der Waals surface area contributed by atoms with Crippen LogP contribution in [0.15, 0.2) is 24.3 Å². The van der Waals surface area contributed by atoms with Crippen LogP contribution in [0.5, 0.6) is 5.75 Å². The van der Waals surface area contributed by atoms with Gasteiger partial charge in [-0.05, 0) is 30.4 Å². The fraction of sp³-hybridized carbons (Fsp3) is 0.714. The minimum atomic E-state index is 0.474. The zero-order valence-corrected chi connectivity index (χ0v) is 14.8. The summed E-state index contributed by atoms with van der Waals surface area (Å²) < 4.78 is 0. The number of aromatic hydroxyl groups is 1. The summed E-state index contributed by atoms with van der Waals surface area (Å²) >= 11 is 0. The summed E-state index contributed by atoms with van der Waals surface area (Å²) in [6, 6.07) is 7.85. The topological polar surface area (TPSA) is 20.2 Å². The van der Waals surface area contributed by atoms with Gasteiger partial charge in [0.1, 0.15) is 5.75 Å². The molecule has 1 rings (SSSR count). The Morgan fingerprint density at radius 2 is 1.32 bits per heavy atom. The molecule has 1 nitrogen and oxygen atoms in total. The molecule has 0 radical (unpaired) electrons. The first-order valence-electron chi connectivity index (χ1n) is 9.57. The van der Waals surface area contributed by atoms with Crippen molar-refractivity contribution in [3.8, 4) is 5.75 Å². The molecule has 22 heavy (non-hydrogen) atoms. The van der Waals surface area contributed by atoms with E-state index in [2.05, 4.69) is 19.9 Å². The lowest BCUT2D eigenvalue weighted by molar-refractivity contribution is 0.449. The summed E-state index contributed by atoms with van der Waals surface area (Å²) in [6.45, 7) is 4.51. The molecule has 0 bridgehead atoms. The maximum Gasteiger partial charge on any atom is 0.119 e. The highest BCUT2D eigenvalue weighted by molar-refractivity contribution is 5.34. The SMILES string of the molecule is CCCCCCCCCCCCC(CC)c1ccccc1O. The lowest BCUT2D eigenvalue weighted by atomic mass is 9.90. The Morgan fingerprint density at radius 1 is 0.773 bits per heavy atom. The molecule has 0 saturated carbocycles. The van der Waals surface area contributed by atoms with Crippen LogP contribution in [0.3, 0.4) is 0 Å². The van der Waals surface area contributed by atoms with Gasteiger partial charge in [0.2, 0.25) is 0 Å². The van der Waals surface area contributed by atoms with Gasteiger partial charge < -0.3 is 5.11 Å². The summed E-state index contributed by atoms with van der Waals surface area (Å²) in [4.78, 5) is 0. The molecule has 1 unspecified atom stereocenters. The van der Waals surface area contributed by atoms with E-state index in [9.17, 15) is 5.11 Å². The van der Waals surface area contributed by atoms with Crippen molar-refractivity contribution in [3.05, 3.63) is 29.8 Å². The molecular formula is C21H36O. The molecule has 1 N–H and O–H groups in total. The molecule has 0 aliphatic rings. The summed E-state index contributed by atoms with van der Waals surface area (Å²) in [7, 11) is 0. The van der Waals surface area contributed by atoms with Crippen molar-refractivity contribution in [1.82, 2.24) is 0 Å². The Labute approximate surface area is 138 Å². The molecule has 0 heterocycles. The minimum absolute atomic E-state index is 0.474. The van der Waals surface area contributed by atoms with E-state index in [1.807, 2.05) is 18.2 Å². The maximum absolute atomic E-state index is 9.97. The van der Waals surface area contributed by atoms with E-state index in [1.165, 1.54) is 70.6 Å². The zero-order valence-electron chi connectivity index (χ0n) is 14.8. The van der Waals surface area contributed by atoms with E-state index >= 15 is 0 Å². The van der Waals surface area contributed by atoms with Crippen LogP contribution in [0.2, 0.25) is 0 Å². The summed E-state index contributed by atoms with van der Waals surface area (Å²) in [6.07, 6.45) is 16.2. The third-order valence-corrected chi connectivity index (χ3v) is 4.78. The molecule has 0 saturated heterocycles. The van der Waals surface area contributed by atoms with Gasteiger partial charge in [0.15, 0.2) is 0 Å². The van der Waals surface area contributed by atoms with E-state index in [0.29, 0.717) is 11.7 Å². The monoisotopic (exact) mass is 304 g/mol. The third kappa shape index (κ3) is 7.87. The maximum atomic E-state index is 9.97. The predicted octanol–water partition coefficient (Wildman–Crippen LogP) is 7.20. The molecule has 0 aromatic heterocycles. The largest absolute Gasteiger partial charge is 0.508 e. The van der Waals surface area contributed by atoms with Gasteiger partial charge in [-0.3, -0.25) is 0 Å². The van der Waals surface area contributed by atoms with Gasteiger partial charge in [-0.2, -0.15) is 0 Å². The van der Waals surface area contributed by atoms with Gasteiger partial charge in [-0.1, -0.05) is 96.3 Å². The number of benzene rings is 1. The molecular weight excluding hydrogens is 268 g/mol. The number of para-hydroxylation sites is 1. The van der Waals surface area contributed by atoms with E-state index in [4.69, 9.17) is 0 Å². The van der Waals surface area contributed by atoms with Crippen molar-refractivity contribution in [1.29, 1.82) is 0 Å². The first-order valence-corrected chi connectivity index (χ1v) is 9.57. The molecule has 1 aromatic carbocycles. The second-order valence-electron chi connectivity index (χ2n) is 6.63. The Hall–Kier alpha value is -0.980. The van der Waals surface area contributed by atoms with E-state index in [-0.39, 0.29) is 0 Å². The Kier molecular flexibility index (Phi) is 10.9. The average molecular weight is 305 g/mol. The molecule has 0 aliphatic carbocycles. The van der Waals surface area contributed by atoms with Crippen molar-refractivity contribution in [2.24, 2.45) is 0 Å². The Bertz CT molecular complexity index is 372. The van der Waals surface area contributed by atoms with Gasteiger partial charge in [0.05, 0.1) is 0 Å². The van der Waals surface area contributed by atoms with E-state index < -0.39 is 0 Å². The van der Waals surface area contributed by atoms with Crippen molar-refractivity contribution in [2.45, 2.75) is 96.8 Å². The summed E-state index contributed by atoms with van der Waals surface area (Å²) in [5.74, 6) is 0.997. The normalized spacial score (nSPS) is 12.5. The first kappa shape index (κ1) is 19.1. The quantitative estimate of drug-likeness (QED) is 0.382. The van der Waals surface area contributed by atoms with Crippen LogP contribution < -0.4 is 0 Å². The predicted molar refractivity (Wildman–Crippen MR) is 97.6 cm³/mol. The number of phenols is 1. The standard InChI is InChI=1S/C21H36O/c1-3-5-6-7-8-9-10-11-12-13-16-19(4-2)20-17-14-15-18-21(20)22/h14-15,17-19,22H,3-13,16H2,1-2H3. The van der Waals surface area contributed by atoms with Crippen LogP contribution in [-0.2, 0) is 0 Å². The second-order valence-corrected chi connectivity index (χ2v) is 6.63. The fourth-order valence-corrected chi connectivity index (χ4v) is 3.29. The highest BCUT2D eigenvalue weighted by Crippen LogP contribution is 2.31. The molecule has 1 atom stereocenters. The highest BCUT2D eigenvalue weighted by atomic mass is 16.3.